The number of ether oxygens (including phenoxy) is 1. The second-order valence-electron chi connectivity index (χ2n) is 4.38. The van der Waals surface area contributed by atoms with E-state index in [2.05, 4.69) is 26.9 Å². The fourth-order valence-electron chi connectivity index (χ4n) is 1.92. The second-order valence-corrected chi connectivity index (χ2v) is 4.38. The molecule has 5 nitrogen and oxygen atoms in total. The number of hydrogen-bond donors (Lipinski definition) is 1. The van der Waals surface area contributed by atoms with Crippen molar-refractivity contribution in [3.63, 3.8) is 0 Å². The minimum atomic E-state index is -0.509. The van der Waals surface area contributed by atoms with Crippen LogP contribution in [0.25, 0.3) is 0 Å². The summed E-state index contributed by atoms with van der Waals surface area (Å²) >= 11 is 0. The number of nitrogens with zero attached hydrogens (tertiary/aromatic N) is 2. The molecule has 2 rings (SSSR count). The van der Waals surface area contributed by atoms with Crippen molar-refractivity contribution in [2.45, 2.75) is 32.2 Å². The maximum absolute atomic E-state index is 11.3. The molecule has 0 spiro atoms. The fraction of sp³-hybridized carbons (Fsp3) is 0.583. The summed E-state index contributed by atoms with van der Waals surface area (Å²) in [6.45, 7) is 2.14. The van der Waals surface area contributed by atoms with Gasteiger partial charge < -0.3 is 10.1 Å². The smallest absolute Gasteiger partial charge is 0.376 e. The number of esters is 1. The van der Waals surface area contributed by atoms with Crippen LogP contribution in [0.1, 0.15) is 36.8 Å². The maximum Gasteiger partial charge on any atom is 0.376 e. The predicted molar refractivity (Wildman–Crippen MR) is 63.8 cm³/mol. The van der Waals surface area contributed by atoms with Gasteiger partial charge in [0.2, 0.25) is 5.82 Å². The van der Waals surface area contributed by atoms with Gasteiger partial charge in [0.15, 0.2) is 0 Å². The molecule has 1 saturated carbocycles. The van der Waals surface area contributed by atoms with Crippen LogP contribution in [0.15, 0.2) is 12.3 Å². The highest BCUT2D eigenvalue weighted by atomic mass is 16.5. The molecule has 1 fully saturated rings. The monoisotopic (exact) mass is 235 g/mol. The van der Waals surface area contributed by atoms with Crippen molar-refractivity contribution in [2.75, 3.05) is 12.4 Å². The van der Waals surface area contributed by atoms with Gasteiger partial charge in [0.1, 0.15) is 5.82 Å². The summed E-state index contributed by atoms with van der Waals surface area (Å²) in [6.07, 6.45) is 5.41. The summed E-state index contributed by atoms with van der Waals surface area (Å²) in [7, 11) is 1.32. The molecule has 1 aromatic rings. The third kappa shape index (κ3) is 2.72. The summed E-state index contributed by atoms with van der Waals surface area (Å²) in [5.74, 6) is 0.981. The van der Waals surface area contributed by atoms with E-state index in [0.717, 1.165) is 0 Å². The molecule has 1 aliphatic rings. The van der Waals surface area contributed by atoms with E-state index in [1.165, 1.54) is 26.4 Å². The lowest BCUT2D eigenvalue weighted by molar-refractivity contribution is 0.0587. The summed E-state index contributed by atoms with van der Waals surface area (Å²) in [4.78, 5) is 19.3. The maximum atomic E-state index is 11.3. The van der Waals surface area contributed by atoms with Gasteiger partial charge in [0.25, 0.3) is 0 Å². The van der Waals surface area contributed by atoms with Gasteiger partial charge in [-0.3, -0.25) is 0 Å². The molecule has 1 aliphatic carbocycles. The molecule has 0 saturated heterocycles. The zero-order chi connectivity index (χ0) is 12.3. The Bertz CT molecular complexity index is 404. The Morgan fingerprint density at radius 3 is 2.94 bits per heavy atom. The van der Waals surface area contributed by atoms with Gasteiger partial charge in [-0.1, -0.05) is 6.42 Å². The Kier molecular flexibility index (Phi) is 3.56. The van der Waals surface area contributed by atoms with Crippen molar-refractivity contribution in [3.05, 3.63) is 18.1 Å². The van der Waals surface area contributed by atoms with Crippen LogP contribution in [0.2, 0.25) is 0 Å². The summed E-state index contributed by atoms with van der Waals surface area (Å²) in [6, 6.07) is 2.14. The minimum Gasteiger partial charge on any atom is -0.463 e. The van der Waals surface area contributed by atoms with E-state index in [-0.39, 0.29) is 5.82 Å². The van der Waals surface area contributed by atoms with Gasteiger partial charge in [-0.05, 0) is 31.7 Å². The van der Waals surface area contributed by atoms with E-state index >= 15 is 0 Å². The third-order valence-electron chi connectivity index (χ3n) is 3.26. The standard InChI is InChI=1S/C12H17N3O2/c1-8(9-4-3-5-9)14-10-6-7-13-11(15-10)12(16)17-2/h6-9H,3-5H2,1-2H3,(H,13,14,15). The van der Waals surface area contributed by atoms with Gasteiger partial charge in [-0.15, -0.1) is 0 Å². The average molecular weight is 235 g/mol. The first kappa shape index (κ1) is 11.8. The van der Waals surface area contributed by atoms with Crippen LogP contribution in [0.4, 0.5) is 5.82 Å². The van der Waals surface area contributed by atoms with Gasteiger partial charge >= 0.3 is 5.97 Å². The van der Waals surface area contributed by atoms with Crippen LogP contribution in [0, 0.1) is 5.92 Å². The first-order valence-electron chi connectivity index (χ1n) is 5.88. The lowest BCUT2D eigenvalue weighted by atomic mass is 9.80. The lowest BCUT2D eigenvalue weighted by Gasteiger charge is -2.32. The van der Waals surface area contributed by atoms with Gasteiger partial charge in [0, 0.05) is 12.2 Å². The largest absolute Gasteiger partial charge is 0.463 e. The Morgan fingerprint density at radius 1 is 1.59 bits per heavy atom. The van der Waals surface area contributed by atoms with Crippen LogP contribution in [0.3, 0.4) is 0 Å². The first-order chi connectivity index (χ1) is 8.20. The van der Waals surface area contributed by atoms with E-state index in [1.54, 1.807) is 12.3 Å². The number of methoxy groups -OCH3 is 1. The predicted octanol–water partition coefficient (Wildman–Crippen LogP) is 1.86. The molecule has 0 radical (unpaired) electrons. The van der Waals surface area contributed by atoms with Gasteiger partial charge in [0.05, 0.1) is 7.11 Å². The number of rotatable bonds is 4. The van der Waals surface area contributed by atoms with Crippen molar-refractivity contribution in [1.82, 2.24) is 9.97 Å². The number of carbonyl (C=O) groups is 1. The summed E-state index contributed by atoms with van der Waals surface area (Å²) in [5, 5.41) is 3.30. The number of carbonyl (C=O) groups excluding carboxylic acids is 1. The Balaban J connectivity index is 2.02. The SMILES string of the molecule is COC(=O)c1nccc(NC(C)C2CCC2)n1. The topological polar surface area (TPSA) is 64.1 Å². The van der Waals surface area contributed by atoms with Gasteiger partial charge in [-0.25, -0.2) is 14.8 Å². The van der Waals surface area contributed by atoms with Gasteiger partial charge in [-0.2, -0.15) is 0 Å². The molecule has 0 aromatic carbocycles. The van der Waals surface area contributed by atoms with Crippen LogP contribution < -0.4 is 5.32 Å². The van der Waals surface area contributed by atoms with Crippen molar-refractivity contribution >= 4 is 11.8 Å². The molecule has 0 amide bonds. The molecule has 17 heavy (non-hydrogen) atoms. The van der Waals surface area contributed by atoms with E-state index in [0.29, 0.717) is 17.8 Å². The van der Waals surface area contributed by atoms with Crippen molar-refractivity contribution in [2.24, 2.45) is 5.92 Å². The molecule has 92 valence electrons. The molecule has 1 heterocycles. The Hall–Kier alpha value is -1.65. The highest BCUT2D eigenvalue weighted by Gasteiger charge is 2.24. The van der Waals surface area contributed by atoms with Crippen LogP contribution in [-0.2, 0) is 4.74 Å². The van der Waals surface area contributed by atoms with E-state index in [4.69, 9.17) is 0 Å². The third-order valence-corrected chi connectivity index (χ3v) is 3.26. The number of anilines is 1. The quantitative estimate of drug-likeness (QED) is 0.807. The summed E-state index contributed by atoms with van der Waals surface area (Å²) < 4.78 is 4.58. The Labute approximate surface area is 101 Å². The molecule has 0 bridgehead atoms. The molecule has 5 heteroatoms. The van der Waals surface area contributed by atoms with Crippen LogP contribution >= 0.6 is 0 Å². The minimum absolute atomic E-state index is 0.0957. The molecule has 1 aromatic heterocycles. The number of aromatic nitrogens is 2. The highest BCUT2D eigenvalue weighted by Crippen LogP contribution is 2.30. The average Bonchev–Trinajstić information content (AvgIpc) is 2.26. The molecular weight excluding hydrogens is 218 g/mol. The second kappa shape index (κ2) is 5.12. The molecular formula is C12H17N3O2. The molecule has 1 unspecified atom stereocenters. The molecule has 0 aliphatic heterocycles. The summed E-state index contributed by atoms with van der Waals surface area (Å²) in [5.41, 5.74) is 0. The lowest BCUT2D eigenvalue weighted by Crippen LogP contribution is -2.31. The first-order valence-corrected chi connectivity index (χ1v) is 5.88. The molecule has 1 N–H and O–H groups in total. The van der Waals surface area contributed by atoms with Crippen LogP contribution in [0.5, 0.6) is 0 Å². The van der Waals surface area contributed by atoms with E-state index < -0.39 is 5.97 Å². The highest BCUT2D eigenvalue weighted by molar-refractivity contribution is 5.85. The Morgan fingerprint density at radius 2 is 2.35 bits per heavy atom. The van der Waals surface area contributed by atoms with E-state index in [1.807, 2.05) is 0 Å². The van der Waals surface area contributed by atoms with Crippen LogP contribution in [-0.4, -0.2) is 29.1 Å². The van der Waals surface area contributed by atoms with Crippen molar-refractivity contribution in [3.8, 4) is 0 Å². The number of nitrogens with one attached hydrogen (secondary N) is 1. The normalized spacial score (nSPS) is 17.1. The van der Waals surface area contributed by atoms with E-state index in [9.17, 15) is 4.79 Å². The zero-order valence-electron chi connectivity index (χ0n) is 10.1. The fourth-order valence-corrected chi connectivity index (χ4v) is 1.92. The molecule has 1 atom stereocenters. The van der Waals surface area contributed by atoms with Crippen molar-refractivity contribution in [1.29, 1.82) is 0 Å². The number of hydrogen-bond acceptors (Lipinski definition) is 5. The van der Waals surface area contributed by atoms with Crippen molar-refractivity contribution < 1.29 is 9.53 Å². The zero-order valence-corrected chi connectivity index (χ0v) is 10.1.